The van der Waals surface area contributed by atoms with E-state index in [4.69, 9.17) is 0 Å². The molecule has 1 atom stereocenters. The van der Waals surface area contributed by atoms with Crippen LogP contribution in [0.4, 0.5) is 0 Å². The predicted octanol–water partition coefficient (Wildman–Crippen LogP) is 5.77. The molecule has 1 radical (unpaired) electrons. The molecule has 1 unspecified atom stereocenters. The van der Waals surface area contributed by atoms with Crippen LogP contribution in [0, 0.1) is 24.7 Å². The van der Waals surface area contributed by atoms with Gasteiger partial charge in [-0.15, -0.1) is 0 Å². The van der Waals surface area contributed by atoms with Crippen LogP contribution in [-0.2, 0) is 0 Å². The Morgan fingerprint density at radius 1 is 0.882 bits per heavy atom. The van der Waals surface area contributed by atoms with E-state index in [0.29, 0.717) is 0 Å². The van der Waals surface area contributed by atoms with Crippen molar-refractivity contribution in [2.24, 2.45) is 17.8 Å². The van der Waals surface area contributed by atoms with Crippen molar-refractivity contribution in [3.63, 3.8) is 0 Å². The van der Waals surface area contributed by atoms with Crippen molar-refractivity contribution in [2.75, 3.05) is 0 Å². The van der Waals surface area contributed by atoms with Gasteiger partial charge in [0.2, 0.25) is 0 Å². The normalized spacial score (nSPS) is 25.2. The van der Waals surface area contributed by atoms with Gasteiger partial charge in [0.05, 0.1) is 0 Å². The summed E-state index contributed by atoms with van der Waals surface area (Å²) in [5, 5.41) is 0. The van der Waals surface area contributed by atoms with Crippen LogP contribution in [0.5, 0.6) is 0 Å². The van der Waals surface area contributed by atoms with Gasteiger partial charge in [-0.25, -0.2) is 0 Å². The zero-order valence-electron chi connectivity index (χ0n) is 11.6. The standard InChI is InChI=1S/C17H31/c1-2-16(17-12-4-3-5-13-17)14-8-11-15-9-6-7-10-15/h15-17H,1-14H2. The van der Waals surface area contributed by atoms with Crippen molar-refractivity contribution in [2.45, 2.75) is 83.5 Å². The molecule has 0 saturated heterocycles. The van der Waals surface area contributed by atoms with E-state index in [1.165, 1.54) is 83.5 Å². The van der Waals surface area contributed by atoms with E-state index in [9.17, 15) is 0 Å². The molecule has 2 saturated carbocycles. The topological polar surface area (TPSA) is 0 Å². The van der Waals surface area contributed by atoms with E-state index in [1.807, 2.05) is 0 Å². The van der Waals surface area contributed by atoms with Gasteiger partial charge < -0.3 is 0 Å². The molecular weight excluding hydrogens is 204 g/mol. The van der Waals surface area contributed by atoms with E-state index >= 15 is 0 Å². The van der Waals surface area contributed by atoms with Crippen LogP contribution in [0.1, 0.15) is 83.5 Å². The molecule has 99 valence electrons. The van der Waals surface area contributed by atoms with E-state index < -0.39 is 0 Å². The van der Waals surface area contributed by atoms with Crippen LogP contribution in [0.3, 0.4) is 0 Å². The summed E-state index contributed by atoms with van der Waals surface area (Å²) in [7, 11) is 0. The lowest BCUT2D eigenvalue weighted by atomic mass is 9.76. The molecule has 0 nitrogen and oxygen atoms in total. The minimum atomic E-state index is 0.955. The Morgan fingerprint density at radius 3 is 2.18 bits per heavy atom. The molecule has 2 rings (SSSR count). The van der Waals surface area contributed by atoms with Gasteiger partial charge in [-0.05, 0) is 17.8 Å². The van der Waals surface area contributed by atoms with Crippen molar-refractivity contribution in [1.29, 1.82) is 0 Å². The Hall–Kier alpha value is 0. The van der Waals surface area contributed by atoms with Gasteiger partial charge in [-0.3, -0.25) is 0 Å². The molecule has 0 heterocycles. The summed E-state index contributed by atoms with van der Waals surface area (Å²) >= 11 is 0. The third-order valence-electron chi connectivity index (χ3n) is 5.35. The fraction of sp³-hybridized carbons (Fsp3) is 0.941. The predicted molar refractivity (Wildman–Crippen MR) is 75.8 cm³/mol. The zero-order chi connectivity index (χ0) is 11.9. The molecular formula is C17H31. The first-order valence-corrected chi connectivity index (χ1v) is 8.19. The molecule has 2 aliphatic carbocycles. The summed E-state index contributed by atoms with van der Waals surface area (Å²) in [6.07, 6.45) is 19.2. The Morgan fingerprint density at radius 2 is 1.53 bits per heavy atom. The van der Waals surface area contributed by atoms with Gasteiger partial charge in [0.25, 0.3) is 0 Å². The average molecular weight is 235 g/mol. The third-order valence-corrected chi connectivity index (χ3v) is 5.35. The SMILES string of the molecule is [CH2]CC(CCCC1CCCC1)C1CCCCC1. The molecule has 2 aliphatic rings. The second kappa shape index (κ2) is 7.44. The van der Waals surface area contributed by atoms with Crippen molar-refractivity contribution >= 4 is 0 Å². The first-order chi connectivity index (χ1) is 8.40. The van der Waals surface area contributed by atoms with Crippen LogP contribution in [0.2, 0.25) is 0 Å². The maximum atomic E-state index is 4.21. The Kier molecular flexibility index (Phi) is 5.88. The van der Waals surface area contributed by atoms with Crippen LogP contribution < -0.4 is 0 Å². The zero-order valence-corrected chi connectivity index (χ0v) is 11.6. The molecule has 0 heteroatoms. The third kappa shape index (κ3) is 4.30. The fourth-order valence-electron chi connectivity index (χ4n) is 4.19. The highest BCUT2D eigenvalue weighted by molar-refractivity contribution is 4.76. The maximum Gasteiger partial charge on any atom is -0.0386 e. The molecule has 0 N–H and O–H groups in total. The first-order valence-electron chi connectivity index (χ1n) is 8.19. The Labute approximate surface area is 109 Å². The second-order valence-corrected chi connectivity index (χ2v) is 6.53. The van der Waals surface area contributed by atoms with Gasteiger partial charge in [0.15, 0.2) is 0 Å². The minimum Gasteiger partial charge on any atom is -0.0533 e. The molecule has 0 aromatic heterocycles. The highest BCUT2D eigenvalue weighted by Crippen LogP contribution is 2.36. The van der Waals surface area contributed by atoms with Gasteiger partial charge in [-0.1, -0.05) is 90.4 Å². The highest BCUT2D eigenvalue weighted by Gasteiger charge is 2.22. The highest BCUT2D eigenvalue weighted by atomic mass is 14.3. The molecule has 0 spiro atoms. The van der Waals surface area contributed by atoms with Gasteiger partial charge in [0, 0.05) is 0 Å². The number of hydrogen-bond donors (Lipinski definition) is 0. The minimum absolute atomic E-state index is 0.955. The molecule has 0 aromatic carbocycles. The summed E-state index contributed by atoms with van der Waals surface area (Å²) in [4.78, 5) is 0. The van der Waals surface area contributed by atoms with Crippen molar-refractivity contribution < 1.29 is 0 Å². The summed E-state index contributed by atoms with van der Waals surface area (Å²) in [6, 6.07) is 0. The van der Waals surface area contributed by atoms with Crippen LogP contribution in [-0.4, -0.2) is 0 Å². The molecule has 2 fully saturated rings. The Bertz CT molecular complexity index is 184. The molecule has 17 heavy (non-hydrogen) atoms. The summed E-state index contributed by atoms with van der Waals surface area (Å²) in [6.45, 7) is 4.21. The van der Waals surface area contributed by atoms with Crippen molar-refractivity contribution in [3.05, 3.63) is 6.92 Å². The van der Waals surface area contributed by atoms with E-state index in [-0.39, 0.29) is 0 Å². The average Bonchev–Trinajstić information content (AvgIpc) is 2.89. The number of hydrogen-bond acceptors (Lipinski definition) is 0. The van der Waals surface area contributed by atoms with Crippen LogP contribution in [0.15, 0.2) is 0 Å². The van der Waals surface area contributed by atoms with Gasteiger partial charge >= 0.3 is 0 Å². The maximum absolute atomic E-state index is 4.21. The van der Waals surface area contributed by atoms with Crippen molar-refractivity contribution in [3.8, 4) is 0 Å². The quantitative estimate of drug-likeness (QED) is 0.548. The monoisotopic (exact) mass is 235 g/mol. The molecule has 0 aliphatic heterocycles. The summed E-state index contributed by atoms with van der Waals surface area (Å²) in [5.74, 6) is 3.08. The van der Waals surface area contributed by atoms with Crippen LogP contribution in [0.25, 0.3) is 0 Å². The Balaban J connectivity index is 1.63. The lowest BCUT2D eigenvalue weighted by Gasteiger charge is -2.29. The molecule has 0 bridgehead atoms. The van der Waals surface area contributed by atoms with E-state index in [2.05, 4.69) is 6.92 Å². The van der Waals surface area contributed by atoms with Crippen molar-refractivity contribution in [1.82, 2.24) is 0 Å². The van der Waals surface area contributed by atoms with E-state index in [1.54, 1.807) is 0 Å². The lowest BCUT2D eigenvalue weighted by molar-refractivity contribution is 0.228. The largest absolute Gasteiger partial charge is 0.0533 e. The lowest BCUT2D eigenvalue weighted by Crippen LogP contribution is -2.17. The van der Waals surface area contributed by atoms with Gasteiger partial charge in [0.1, 0.15) is 0 Å². The fourth-order valence-corrected chi connectivity index (χ4v) is 4.19. The molecule has 0 amide bonds. The first kappa shape index (κ1) is 13.4. The summed E-state index contributed by atoms with van der Waals surface area (Å²) in [5.41, 5.74) is 0. The van der Waals surface area contributed by atoms with E-state index in [0.717, 1.165) is 17.8 Å². The number of rotatable bonds is 6. The van der Waals surface area contributed by atoms with Crippen LogP contribution >= 0.6 is 0 Å². The smallest absolute Gasteiger partial charge is 0.0386 e. The van der Waals surface area contributed by atoms with Gasteiger partial charge in [-0.2, -0.15) is 0 Å². The molecule has 0 aromatic rings. The summed E-state index contributed by atoms with van der Waals surface area (Å²) < 4.78 is 0. The second-order valence-electron chi connectivity index (χ2n) is 6.53.